The number of phenols is 1. The standard InChI is InChI=1S/C25H24N2O5S/c1-5-32-24(30)20-15(3)26-25-27(21(20)16-11-9-14(2)10-12-16)23(29)19(33-25)13-17-7-6-8-18(31-4)22(17)28/h6-13,21,28H,5H2,1-4H3. The molecule has 1 aromatic heterocycles. The molecule has 1 aliphatic heterocycles. The first-order chi connectivity index (χ1) is 15.8. The number of allylic oxidation sites excluding steroid dienone is 1. The number of aromatic hydroxyl groups is 1. The maximum atomic E-state index is 13.6. The average molecular weight is 465 g/mol. The van der Waals surface area contributed by atoms with E-state index in [0.717, 1.165) is 11.1 Å². The summed E-state index contributed by atoms with van der Waals surface area (Å²) in [4.78, 5) is 31.5. The van der Waals surface area contributed by atoms with Crippen molar-refractivity contribution >= 4 is 23.4 Å². The van der Waals surface area contributed by atoms with Gasteiger partial charge in [0, 0.05) is 5.56 Å². The van der Waals surface area contributed by atoms with E-state index >= 15 is 0 Å². The van der Waals surface area contributed by atoms with Crippen LogP contribution in [0.4, 0.5) is 0 Å². The second-order valence-corrected chi connectivity index (χ2v) is 8.62. The van der Waals surface area contributed by atoms with E-state index in [9.17, 15) is 14.7 Å². The van der Waals surface area contributed by atoms with Gasteiger partial charge in [0.25, 0.3) is 5.56 Å². The summed E-state index contributed by atoms with van der Waals surface area (Å²) in [5, 5.41) is 10.5. The number of para-hydroxylation sites is 1. The molecule has 2 heterocycles. The highest BCUT2D eigenvalue weighted by Gasteiger charge is 2.33. The molecule has 0 saturated heterocycles. The van der Waals surface area contributed by atoms with Crippen molar-refractivity contribution in [2.24, 2.45) is 4.99 Å². The third-order valence-corrected chi connectivity index (χ3v) is 6.43. The molecule has 170 valence electrons. The van der Waals surface area contributed by atoms with Crippen LogP contribution in [0.5, 0.6) is 11.5 Å². The Hall–Kier alpha value is -3.65. The van der Waals surface area contributed by atoms with Crippen molar-refractivity contribution in [2.75, 3.05) is 13.7 Å². The van der Waals surface area contributed by atoms with Crippen LogP contribution in [0.3, 0.4) is 0 Å². The third kappa shape index (κ3) is 4.09. The zero-order valence-corrected chi connectivity index (χ0v) is 19.6. The summed E-state index contributed by atoms with van der Waals surface area (Å²) in [5.41, 5.74) is 2.85. The first-order valence-corrected chi connectivity index (χ1v) is 11.3. The Labute approximate surface area is 194 Å². The molecule has 1 N–H and O–H groups in total. The van der Waals surface area contributed by atoms with Gasteiger partial charge in [0.05, 0.1) is 35.6 Å². The summed E-state index contributed by atoms with van der Waals surface area (Å²) in [7, 11) is 1.47. The van der Waals surface area contributed by atoms with E-state index in [-0.39, 0.29) is 17.9 Å². The zero-order valence-electron chi connectivity index (χ0n) is 18.8. The number of nitrogens with zero attached hydrogens (tertiary/aromatic N) is 2. The number of carbonyl (C=O) groups excluding carboxylic acids is 1. The summed E-state index contributed by atoms with van der Waals surface area (Å²) in [6.45, 7) is 5.68. The molecule has 2 aromatic carbocycles. The Morgan fingerprint density at radius 1 is 1.21 bits per heavy atom. The van der Waals surface area contributed by atoms with Gasteiger partial charge in [0.15, 0.2) is 16.3 Å². The fourth-order valence-electron chi connectivity index (χ4n) is 3.82. The SMILES string of the molecule is CCOC(=O)C1=C(C)N=c2sc(=Cc3cccc(OC)c3O)c(=O)n2C1c1ccc(C)cc1. The number of benzene rings is 2. The average Bonchev–Trinajstić information content (AvgIpc) is 3.09. The lowest BCUT2D eigenvalue weighted by Gasteiger charge is -2.24. The number of carbonyl (C=O) groups is 1. The Balaban J connectivity index is 1.96. The van der Waals surface area contributed by atoms with E-state index in [4.69, 9.17) is 9.47 Å². The topological polar surface area (TPSA) is 90.1 Å². The van der Waals surface area contributed by atoms with Crippen molar-refractivity contribution in [2.45, 2.75) is 26.8 Å². The van der Waals surface area contributed by atoms with Crippen LogP contribution in [0.1, 0.15) is 36.6 Å². The highest BCUT2D eigenvalue weighted by atomic mass is 32.1. The second kappa shape index (κ2) is 9.07. The van der Waals surface area contributed by atoms with Gasteiger partial charge in [-0.2, -0.15) is 0 Å². The minimum Gasteiger partial charge on any atom is -0.504 e. The molecule has 1 atom stereocenters. The first kappa shape index (κ1) is 22.5. The number of fused-ring (bicyclic) bond motifs is 1. The minimum atomic E-state index is -0.665. The van der Waals surface area contributed by atoms with Crippen molar-refractivity contribution in [3.05, 3.63) is 90.1 Å². The van der Waals surface area contributed by atoms with Crippen LogP contribution in [-0.2, 0) is 9.53 Å². The van der Waals surface area contributed by atoms with E-state index in [0.29, 0.717) is 31.9 Å². The Morgan fingerprint density at radius 2 is 1.94 bits per heavy atom. The summed E-state index contributed by atoms with van der Waals surface area (Å²) in [6.07, 6.45) is 1.61. The molecule has 0 amide bonds. The molecule has 0 saturated carbocycles. The Kier molecular flexibility index (Phi) is 6.20. The minimum absolute atomic E-state index is 0.0516. The van der Waals surface area contributed by atoms with E-state index in [2.05, 4.69) is 4.99 Å². The fourth-order valence-corrected chi connectivity index (χ4v) is 4.85. The smallest absolute Gasteiger partial charge is 0.338 e. The van der Waals surface area contributed by atoms with Gasteiger partial charge >= 0.3 is 5.97 Å². The lowest BCUT2D eigenvalue weighted by molar-refractivity contribution is -0.139. The molecule has 3 aromatic rings. The number of aryl methyl sites for hydroxylation is 1. The molecule has 0 aliphatic carbocycles. The van der Waals surface area contributed by atoms with Crippen molar-refractivity contribution in [3.63, 3.8) is 0 Å². The van der Waals surface area contributed by atoms with E-state index in [1.807, 2.05) is 31.2 Å². The summed E-state index contributed by atoms with van der Waals surface area (Å²) < 4.78 is 12.4. The van der Waals surface area contributed by atoms with Gasteiger partial charge in [-0.3, -0.25) is 9.36 Å². The number of thiazole rings is 1. The van der Waals surface area contributed by atoms with E-state index in [1.54, 1.807) is 38.1 Å². The lowest BCUT2D eigenvalue weighted by atomic mass is 9.95. The molecule has 4 rings (SSSR count). The normalized spacial score (nSPS) is 15.8. The van der Waals surface area contributed by atoms with Gasteiger partial charge in [0.1, 0.15) is 0 Å². The van der Waals surface area contributed by atoms with Crippen LogP contribution in [-0.4, -0.2) is 29.4 Å². The number of methoxy groups -OCH3 is 1. The van der Waals surface area contributed by atoms with Crippen LogP contribution < -0.4 is 19.6 Å². The van der Waals surface area contributed by atoms with Crippen molar-refractivity contribution < 1.29 is 19.4 Å². The van der Waals surface area contributed by atoms with Gasteiger partial charge in [-0.05, 0) is 38.5 Å². The molecule has 0 fully saturated rings. The highest BCUT2D eigenvalue weighted by molar-refractivity contribution is 7.07. The van der Waals surface area contributed by atoms with Crippen molar-refractivity contribution in [1.82, 2.24) is 4.57 Å². The molecule has 7 nitrogen and oxygen atoms in total. The van der Waals surface area contributed by atoms with Crippen LogP contribution in [0.25, 0.3) is 6.08 Å². The fraction of sp³-hybridized carbons (Fsp3) is 0.240. The second-order valence-electron chi connectivity index (χ2n) is 7.61. The van der Waals surface area contributed by atoms with Gasteiger partial charge < -0.3 is 14.6 Å². The van der Waals surface area contributed by atoms with Gasteiger partial charge in [-0.25, -0.2) is 9.79 Å². The number of phenolic OH excluding ortho intramolecular Hbond substituents is 1. The van der Waals surface area contributed by atoms with Crippen LogP contribution >= 0.6 is 11.3 Å². The number of aromatic nitrogens is 1. The van der Waals surface area contributed by atoms with Crippen LogP contribution in [0, 0.1) is 6.92 Å². The number of rotatable bonds is 5. The lowest BCUT2D eigenvalue weighted by Crippen LogP contribution is -2.39. The number of esters is 1. The van der Waals surface area contributed by atoms with E-state index < -0.39 is 12.0 Å². The predicted octanol–water partition coefficient (Wildman–Crippen LogP) is 2.82. The molecule has 8 heteroatoms. The summed E-state index contributed by atoms with van der Waals surface area (Å²) in [6, 6.07) is 12.1. The zero-order chi connectivity index (χ0) is 23.7. The first-order valence-electron chi connectivity index (χ1n) is 10.5. The molecular weight excluding hydrogens is 440 g/mol. The number of ether oxygens (including phenoxy) is 2. The van der Waals surface area contributed by atoms with Gasteiger partial charge in [0.2, 0.25) is 0 Å². The molecule has 0 radical (unpaired) electrons. The summed E-state index contributed by atoms with van der Waals surface area (Å²) >= 11 is 1.20. The Bertz CT molecular complexity index is 1430. The highest BCUT2D eigenvalue weighted by Crippen LogP contribution is 2.31. The van der Waals surface area contributed by atoms with Gasteiger partial charge in [-0.1, -0.05) is 53.3 Å². The van der Waals surface area contributed by atoms with E-state index in [1.165, 1.54) is 23.0 Å². The maximum absolute atomic E-state index is 13.6. The van der Waals surface area contributed by atoms with Crippen molar-refractivity contribution in [1.29, 1.82) is 0 Å². The maximum Gasteiger partial charge on any atom is 0.338 e. The number of hydrogen-bond acceptors (Lipinski definition) is 7. The molecule has 1 unspecified atom stereocenters. The quantitative estimate of drug-likeness (QED) is 0.587. The molecule has 0 bridgehead atoms. The monoisotopic (exact) mass is 464 g/mol. The van der Waals surface area contributed by atoms with Gasteiger partial charge in [-0.15, -0.1) is 0 Å². The third-order valence-electron chi connectivity index (χ3n) is 5.45. The molecular formula is C25H24N2O5S. The summed E-state index contributed by atoms with van der Waals surface area (Å²) in [5.74, 6) is -0.233. The molecule has 1 aliphatic rings. The predicted molar refractivity (Wildman–Crippen MR) is 126 cm³/mol. The van der Waals surface area contributed by atoms with Crippen molar-refractivity contribution in [3.8, 4) is 11.5 Å². The largest absolute Gasteiger partial charge is 0.504 e. The van der Waals surface area contributed by atoms with Crippen LogP contribution in [0.15, 0.2) is 63.5 Å². The van der Waals surface area contributed by atoms with Crippen LogP contribution in [0.2, 0.25) is 0 Å². The number of hydrogen-bond donors (Lipinski definition) is 1. The Morgan fingerprint density at radius 3 is 2.61 bits per heavy atom. The molecule has 0 spiro atoms. The molecule has 33 heavy (non-hydrogen) atoms.